The van der Waals surface area contributed by atoms with E-state index in [2.05, 4.69) is 10.2 Å². The van der Waals surface area contributed by atoms with E-state index in [1.165, 1.54) is 17.8 Å². The highest BCUT2D eigenvalue weighted by Crippen LogP contribution is 2.36. The highest BCUT2D eigenvalue weighted by Gasteiger charge is 2.27. The summed E-state index contributed by atoms with van der Waals surface area (Å²) in [5.41, 5.74) is 7.67. The summed E-state index contributed by atoms with van der Waals surface area (Å²) in [6, 6.07) is 4.35. The van der Waals surface area contributed by atoms with Crippen molar-refractivity contribution in [2.45, 2.75) is 18.9 Å². The lowest BCUT2D eigenvalue weighted by Crippen LogP contribution is -2.27. The van der Waals surface area contributed by atoms with Gasteiger partial charge in [-0.3, -0.25) is 9.69 Å². The van der Waals surface area contributed by atoms with Gasteiger partial charge in [-0.1, -0.05) is 0 Å². The molecule has 3 N–H and O–H groups in total. The van der Waals surface area contributed by atoms with Crippen LogP contribution in [0.4, 0.5) is 5.69 Å². The number of hydrogen-bond donors (Lipinski definition) is 2. The second-order valence-electron chi connectivity index (χ2n) is 5.70. The molecule has 6 nitrogen and oxygen atoms in total. The quantitative estimate of drug-likeness (QED) is 0.874. The molecule has 0 spiro atoms. The van der Waals surface area contributed by atoms with Gasteiger partial charge < -0.3 is 15.8 Å². The van der Waals surface area contributed by atoms with Crippen molar-refractivity contribution < 1.29 is 9.53 Å². The van der Waals surface area contributed by atoms with Crippen LogP contribution >= 0.6 is 11.3 Å². The smallest absolute Gasteiger partial charge is 0.263 e. The van der Waals surface area contributed by atoms with Crippen molar-refractivity contribution in [2.24, 2.45) is 0 Å². The summed E-state index contributed by atoms with van der Waals surface area (Å²) in [4.78, 5) is 20.5. The zero-order valence-corrected chi connectivity index (χ0v) is 14.3. The maximum Gasteiger partial charge on any atom is 0.263 e. The lowest BCUT2D eigenvalue weighted by molar-refractivity contribution is 0.0968. The number of aromatic nitrogens is 1. The number of amides is 1. The Kier molecular flexibility index (Phi) is 4.79. The van der Waals surface area contributed by atoms with E-state index in [4.69, 9.17) is 15.5 Å². The SMILES string of the molecule is CNC(=O)c1sc2nc(C3CCCN3CCOC)ccc2c1N. The first-order chi connectivity index (χ1) is 11.2. The van der Waals surface area contributed by atoms with Crippen LogP contribution in [-0.4, -0.2) is 49.6 Å². The van der Waals surface area contributed by atoms with Crippen LogP contribution in [-0.2, 0) is 4.74 Å². The number of ether oxygens (including phenoxy) is 1. The van der Waals surface area contributed by atoms with Gasteiger partial charge in [-0.15, -0.1) is 11.3 Å². The number of nitrogens with one attached hydrogen (secondary N) is 1. The number of pyridine rings is 1. The van der Waals surface area contributed by atoms with Crippen LogP contribution in [0.1, 0.15) is 34.2 Å². The van der Waals surface area contributed by atoms with Gasteiger partial charge in [-0.25, -0.2) is 4.98 Å². The number of rotatable bonds is 5. The monoisotopic (exact) mass is 334 g/mol. The Balaban J connectivity index is 1.92. The second-order valence-corrected chi connectivity index (χ2v) is 6.70. The van der Waals surface area contributed by atoms with Crippen molar-refractivity contribution >= 4 is 33.1 Å². The Bertz CT molecular complexity index is 715. The number of anilines is 1. The molecule has 1 fully saturated rings. The molecule has 0 bridgehead atoms. The molecule has 1 aliphatic rings. The molecule has 0 aromatic carbocycles. The molecule has 2 aromatic heterocycles. The number of nitrogens with zero attached hydrogens (tertiary/aromatic N) is 2. The molecule has 0 saturated carbocycles. The van der Waals surface area contributed by atoms with E-state index in [0.717, 1.165) is 42.0 Å². The van der Waals surface area contributed by atoms with Gasteiger partial charge in [0.15, 0.2) is 0 Å². The summed E-state index contributed by atoms with van der Waals surface area (Å²) in [6.45, 7) is 2.71. The van der Waals surface area contributed by atoms with Gasteiger partial charge >= 0.3 is 0 Å². The fourth-order valence-corrected chi connectivity index (χ4v) is 4.16. The maximum absolute atomic E-state index is 11.9. The first-order valence-electron chi connectivity index (χ1n) is 7.79. The maximum atomic E-state index is 11.9. The van der Waals surface area contributed by atoms with Crippen LogP contribution in [0.5, 0.6) is 0 Å². The molecule has 2 aromatic rings. The van der Waals surface area contributed by atoms with Gasteiger partial charge in [-0.2, -0.15) is 0 Å². The van der Waals surface area contributed by atoms with Crippen molar-refractivity contribution in [3.63, 3.8) is 0 Å². The number of thiophene rings is 1. The average Bonchev–Trinajstić information content (AvgIpc) is 3.16. The number of hydrogen-bond acceptors (Lipinski definition) is 6. The van der Waals surface area contributed by atoms with Crippen LogP contribution in [0.25, 0.3) is 10.2 Å². The summed E-state index contributed by atoms with van der Waals surface area (Å²) < 4.78 is 5.19. The van der Waals surface area contributed by atoms with Crippen molar-refractivity contribution in [2.75, 3.05) is 39.6 Å². The summed E-state index contributed by atoms with van der Waals surface area (Å²) in [6.07, 6.45) is 2.27. The van der Waals surface area contributed by atoms with Gasteiger partial charge in [0, 0.05) is 26.1 Å². The van der Waals surface area contributed by atoms with Gasteiger partial charge in [0.2, 0.25) is 0 Å². The van der Waals surface area contributed by atoms with E-state index >= 15 is 0 Å². The summed E-state index contributed by atoms with van der Waals surface area (Å²) in [5, 5.41) is 3.48. The van der Waals surface area contributed by atoms with E-state index in [1.807, 2.05) is 12.1 Å². The minimum atomic E-state index is -0.158. The zero-order valence-electron chi connectivity index (χ0n) is 13.5. The Morgan fingerprint density at radius 2 is 2.39 bits per heavy atom. The third-order valence-corrected chi connectivity index (χ3v) is 5.45. The summed E-state index contributed by atoms with van der Waals surface area (Å²) in [7, 11) is 3.33. The Labute approximate surface area is 139 Å². The number of fused-ring (bicyclic) bond motifs is 1. The fourth-order valence-electron chi connectivity index (χ4n) is 3.12. The molecule has 124 valence electrons. The minimum Gasteiger partial charge on any atom is -0.397 e. The predicted molar refractivity (Wildman–Crippen MR) is 92.8 cm³/mol. The molecule has 0 aliphatic carbocycles. The molecule has 1 atom stereocenters. The molecule has 1 amide bonds. The third kappa shape index (κ3) is 3.04. The number of methoxy groups -OCH3 is 1. The zero-order chi connectivity index (χ0) is 16.4. The average molecular weight is 334 g/mol. The molecule has 3 heterocycles. The number of nitrogen functional groups attached to an aromatic ring is 1. The van der Waals surface area contributed by atoms with Crippen molar-refractivity contribution in [3.05, 3.63) is 22.7 Å². The van der Waals surface area contributed by atoms with Crippen LogP contribution in [0.2, 0.25) is 0 Å². The Hall–Kier alpha value is -1.70. The molecular formula is C16H22N4O2S. The minimum absolute atomic E-state index is 0.158. The Morgan fingerprint density at radius 3 is 3.13 bits per heavy atom. The van der Waals surface area contributed by atoms with Gasteiger partial charge in [0.05, 0.1) is 24.0 Å². The lowest BCUT2D eigenvalue weighted by atomic mass is 10.1. The van der Waals surface area contributed by atoms with E-state index in [1.54, 1.807) is 14.2 Å². The summed E-state index contributed by atoms with van der Waals surface area (Å²) in [5.74, 6) is -0.158. The number of likely N-dealkylation sites (tertiary alicyclic amines) is 1. The van der Waals surface area contributed by atoms with Gasteiger partial charge in [0.25, 0.3) is 5.91 Å². The normalized spacial score (nSPS) is 18.6. The first-order valence-corrected chi connectivity index (χ1v) is 8.61. The molecule has 7 heteroatoms. The number of carbonyl (C=O) groups is 1. The molecule has 23 heavy (non-hydrogen) atoms. The van der Waals surface area contributed by atoms with Crippen LogP contribution in [0, 0.1) is 0 Å². The highest BCUT2D eigenvalue weighted by atomic mass is 32.1. The molecular weight excluding hydrogens is 312 g/mol. The topological polar surface area (TPSA) is 80.5 Å². The summed E-state index contributed by atoms with van der Waals surface area (Å²) >= 11 is 1.36. The second kappa shape index (κ2) is 6.82. The third-order valence-electron chi connectivity index (χ3n) is 4.34. The van der Waals surface area contributed by atoms with Crippen molar-refractivity contribution in [1.82, 2.24) is 15.2 Å². The van der Waals surface area contributed by atoms with Crippen LogP contribution in [0.15, 0.2) is 12.1 Å². The lowest BCUT2D eigenvalue weighted by Gasteiger charge is -2.23. The number of nitrogens with two attached hydrogens (primary N) is 1. The molecule has 1 unspecified atom stereocenters. The van der Waals surface area contributed by atoms with Gasteiger partial charge in [-0.05, 0) is 31.5 Å². The van der Waals surface area contributed by atoms with Crippen LogP contribution in [0.3, 0.4) is 0 Å². The number of carbonyl (C=O) groups excluding carboxylic acids is 1. The standard InChI is InChI=1S/C16H22N4O2S/c1-18-15(21)14-13(17)10-5-6-11(19-16(10)23-14)12-4-3-7-20(12)8-9-22-2/h5-6,12H,3-4,7-9,17H2,1-2H3,(H,18,21). The van der Waals surface area contributed by atoms with Crippen molar-refractivity contribution in [1.29, 1.82) is 0 Å². The molecule has 1 saturated heterocycles. The fraction of sp³-hybridized carbons (Fsp3) is 0.500. The molecule has 3 rings (SSSR count). The molecule has 0 radical (unpaired) electrons. The Morgan fingerprint density at radius 1 is 1.57 bits per heavy atom. The van der Waals surface area contributed by atoms with E-state index in [9.17, 15) is 4.79 Å². The largest absolute Gasteiger partial charge is 0.397 e. The van der Waals surface area contributed by atoms with E-state index in [-0.39, 0.29) is 5.91 Å². The predicted octanol–water partition coefficient (Wildman–Crippen LogP) is 2.02. The van der Waals surface area contributed by atoms with E-state index in [0.29, 0.717) is 16.6 Å². The highest BCUT2D eigenvalue weighted by molar-refractivity contribution is 7.21. The van der Waals surface area contributed by atoms with Gasteiger partial charge in [0.1, 0.15) is 9.71 Å². The van der Waals surface area contributed by atoms with E-state index < -0.39 is 0 Å². The molecule has 1 aliphatic heterocycles. The van der Waals surface area contributed by atoms with Crippen LogP contribution < -0.4 is 11.1 Å². The van der Waals surface area contributed by atoms with Crippen molar-refractivity contribution in [3.8, 4) is 0 Å². The first kappa shape index (κ1) is 16.2.